The van der Waals surface area contributed by atoms with Gasteiger partial charge in [0, 0.05) is 0 Å². The molecule has 2 unspecified atom stereocenters. The Morgan fingerprint density at radius 2 is 1.67 bits per heavy atom. The molecule has 21 heavy (non-hydrogen) atoms. The molecule has 0 saturated heterocycles. The molecule has 1 aromatic carbocycles. The van der Waals surface area contributed by atoms with E-state index >= 15 is 0 Å². The maximum Gasteiger partial charge on any atom is 0.119 e. The van der Waals surface area contributed by atoms with Crippen LogP contribution in [0, 0.1) is 0 Å². The maximum absolute atomic E-state index is 11.6. The summed E-state index contributed by atoms with van der Waals surface area (Å²) in [6, 6.07) is 7.83. The Morgan fingerprint density at radius 3 is 2.19 bits per heavy atom. The van der Waals surface area contributed by atoms with Gasteiger partial charge in [-0.25, -0.2) is 4.21 Å². The van der Waals surface area contributed by atoms with Crippen LogP contribution in [0.25, 0.3) is 0 Å². The summed E-state index contributed by atoms with van der Waals surface area (Å²) >= 11 is 0. The third kappa shape index (κ3) is 4.28. The Labute approximate surface area is 128 Å². The van der Waals surface area contributed by atoms with E-state index in [1.165, 1.54) is 5.56 Å². The van der Waals surface area contributed by atoms with E-state index in [2.05, 4.69) is 20.8 Å². The first-order valence-corrected chi connectivity index (χ1v) is 9.18. The molecular weight excluding hydrogens is 288 g/mol. The van der Waals surface area contributed by atoms with Crippen LogP contribution in [-0.2, 0) is 15.9 Å². The van der Waals surface area contributed by atoms with Gasteiger partial charge in [-0.15, -0.1) is 0 Å². The van der Waals surface area contributed by atoms with Gasteiger partial charge < -0.3 is 13.8 Å². The molecule has 0 bridgehead atoms. The second-order valence-electron chi connectivity index (χ2n) is 6.87. The first-order chi connectivity index (χ1) is 9.68. The molecule has 2 rings (SSSR count). The lowest BCUT2D eigenvalue weighted by atomic mass is 9.87. The zero-order chi connectivity index (χ0) is 15.7. The van der Waals surface area contributed by atoms with Crippen molar-refractivity contribution in [3.8, 4) is 5.75 Å². The van der Waals surface area contributed by atoms with Crippen LogP contribution in [0.3, 0.4) is 0 Å². The topological polar surface area (TPSA) is 66.8 Å². The van der Waals surface area contributed by atoms with E-state index in [4.69, 9.17) is 4.74 Å². The first-order valence-electron chi connectivity index (χ1n) is 7.50. The fourth-order valence-corrected chi connectivity index (χ4v) is 3.97. The molecule has 0 amide bonds. The molecule has 1 aromatic rings. The van der Waals surface area contributed by atoms with E-state index in [1.807, 2.05) is 24.3 Å². The molecule has 2 N–H and O–H groups in total. The Hall–Kier alpha value is -0.910. The molecule has 1 saturated carbocycles. The predicted octanol–water partition coefficient (Wildman–Crippen LogP) is 3.64. The van der Waals surface area contributed by atoms with Gasteiger partial charge in [0.25, 0.3) is 0 Å². The Balaban J connectivity index is 2.11. The van der Waals surface area contributed by atoms with Crippen LogP contribution in [0.1, 0.15) is 52.0 Å². The predicted molar refractivity (Wildman–Crippen MR) is 86.6 cm³/mol. The van der Waals surface area contributed by atoms with Crippen molar-refractivity contribution >= 4 is 10.5 Å². The van der Waals surface area contributed by atoms with E-state index < -0.39 is 15.7 Å². The van der Waals surface area contributed by atoms with E-state index in [9.17, 15) is 13.3 Å². The van der Waals surface area contributed by atoms with Gasteiger partial charge in [-0.05, 0) is 42.4 Å². The molecule has 1 aliphatic rings. The van der Waals surface area contributed by atoms with E-state index in [-0.39, 0.29) is 11.5 Å². The summed E-state index contributed by atoms with van der Waals surface area (Å²) in [6.45, 7) is 6.44. The minimum atomic E-state index is -4.10. The molecule has 2 atom stereocenters. The second kappa shape index (κ2) is 6.07. The van der Waals surface area contributed by atoms with Crippen molar-refractivity contribution in [3.05, 3.63) is 29.8 Å². The van der Waals surface area contributed by atoms with Crippen LogP contribution in [-0.4, -0.2) is 24.7 Å². The maximum atomic E-state index is 11.6. The number of ether oxygens (including phenoxy) is 1. The van der Waals surface area contributed by atoms with Gasteiger partial charge in [-0.3, -0.25) is 0 Å². The minimum absolute atomic E-state index is 0.0812. The molecule has 5 heteroatoms. The van der Waals surface area contributed by atoms with Crippen molar-refractivity contribution in [3.63, 3.8) is 0 Å². The van der Waals surface area contributed by atoms with Crippen molar-refractivity contribution in [2.75, 3.05) is 0 Å². The normalized spacial score (nSPS) is 24.6. The summed E-state index contributed by atoms with van der Waals surface area (Å²) in [5.41, 5.74) is 1.29. The van der Waals surface area contributed by atoms with Crippen LogP contribution in [0.5, 0.6) is 5.75 Å². The molecule has 0 radical (unpaired) electrons. The number of hydrogen-bond donors (Lipinski definition) is 3. The molecule has 0 heterocycles. The Morgan fingerprint density at radius 1 is 1.10 bits per heavy atom. The van der Waals surface area contributed by atoms with Crippen LogP contribution >= 0.6 is 0 Å². The largest absolute Gasteiger partial charge is 0.489 e. The SMILES string of the molecule is CC(C)(C)c1ccc(OC2CCCCC2[SH](=O)(O)O)cc1. The summed E-state index contributed by atoms with van der Waals surface area (Å²) in [6.07, 6.45) is 2.67. The molecule has 1 aliphatic carbocycles. The molecule has 4 nitrogen and oxygen atoms in total. The number of thiol groups is 1. The summed E-state index contributed by atoms with van der Waals surface area (Å²) in [7, 11) is -4.10. The summed E-state index contributed by atoms with van der Waals surface area (Å²) < 4.78 is 36.4. The van der Waals surface area contributed by atoms with Gasteiger partial charge >= 0.3 is 0 Å². The van der Waals surface area contributed by atoms with Crippen molar-refractivity contribution in [1.29, 1.82) is 0 Å². The quantitative estimate of drug-likeness (QED) is 0.745. The average molecular weight is 314 g/mol. The number of rotatable bonds is 3. The standard InChI is InChI=1S/C16H26O4S/c1-16(2,3)12-8-10-13(11-9-12)20-14-6-4-5-7-15(14)21(17,18)19/h8-11,14-15,21H,4-7H2,1-3H3,(H2,17,18,19). The van der Waals surface area contributed by atoms with Gasteiger partial charge in [-0.2, -0.15) is 0 Å². The van der Waals surface area contributed by atoms with Crippen molar-refractivity contribution in [1.82, 2.24) is 0 Å². The Bertz CT molecular complexity index is 512. The van der Waals surface area contributed by atoms with Gasteiger partial charge in [0.2, 0.25) is 0 Å². The van der Waals surface area contributed by atoms with Crippen LogP contribution < -0.4 is 4.74 Å². The van der Waals surface area contributed by atoms with Gasteiger partial charge in [0.05, 0.1) is 15.7 Å². The van der Waals surface area contributed by atoms with Gasteiger partial charge in [0.1, 0.15) is 11.9 Å². The highest BCUT2D eigenvalue weighted by Crippen LogP contribution is 2.31. The highest BCUT2D eigenvalue weighted by Gasteiger charge is 2.34. The third-order valence-corrected chi connectivity index (χ3v) is 5.56. The van der Waals surface area contributed by atoms with E-state index in [1.54, 1.807) is 0 Å². The summed E-state index contributed by atoms with van der Waals surface area (Å²) in [5.74, 6) is 0.688. The molecular formula is C16H26O4S. The van der Waals surface area contributed by atoms with Crippen LogP contribution in [0.4, 0.5) is 0 Å². The van der Waals surface area contributed by atoms with Crippen molar-refractivity contribution in [2.45, 2.75) is 63.2 Å². The van der Waals surface area contributed by atoms with Crippen LogP contribution in [0.2, 0.25) is 0 Å². The lowest BCUT2D eigenvalue weighted by Gasteiger charge is -2.35. The van der Waals surface area contributed by atoms with Gasteiger partial charge in [-0.1, -0.05) is 39.3 Å². The van der Waals surface area contributed by atoms with Crippen LogP contribution in [0.15, 0.2) is 24.3 Å². The Kier molecular flexibility index (Phi) is 4.76. The smallest absolute Gasteiger partial charge is 0.119 e. The minimum Gasteiger partial charge on any atom is -0.489 e. The highest BCUT2D eigenvalue weighted by atomic mass is 32.3. The monoisotopic (exact) mass is 314 g/mol. The molecule has 0 aromatic heterocycles. The van der Waals surface area contributed by atoms with Crippen molar-refractivity contribution < 1.29 is 18.1 Å². The van der Waals surface area contributed by atoms with E-state index in [0.29, 0.717) is 18.6 Å². The zero-order valence-corrected chi connectivity index (χ0v) is 13.8. The molecule has 120 valence electrons. The second-order valence-corrected chi connectivity index (χ2v) is 8.71. The number of hydrogen-bond acceptors (Lipinski definition) is 2. The number of benzene rings is 1. The molecule has 0 aliphatic heterocycles. The van der Waals surface area contributed by atoms with Crippen molar-refractivity contribution in [2.24, 2.45) is 0 Å². The zero-order valence-electron chi connectivity index (χ0n) is 13.0. The van der Waals surface area contributed by atoms with Gasteiger partial charge in [0.15, 0.2) is 0 Å². The lowest BCUT2D eigenvalue weighted by Crippen LogP contribution is -2.43. The van der Waals surface area contributed by atoms with E-state index in [0.717, 1.165) is 12.8 Å². The highest BCUT2D eigenvalue weighted by molar-refractivity contribution is 7.93. The fraction of sp³-hybridized carbons (Fsp3) is 0.625. The lowest BCUT2D eigenvalue weighted by molar-refractivity contribution is 0.150. The fourth-order valence-electron chi connectivity index (χ4n) is 2.81. The molecule has 0 spiro atoms. The first kappa shape index (κ1) is 16.5. The summed E-state index contributed by atoms with van der Waals surface area (Å²) in [4.78, 5) is 0. The average Bonchev–Trinajstić information content (AvgIpc) is 2.37. The third-order valence-electron chi connectivity index (χ3n) is 4.11. The summed E-state index contributed by atoms with van der Waals surface area (Å²) in [5, 5.41) is -0.673. The molecule has 1 fully saturated rings.